The van der Waals surface area contributed by atoms with Crippen molar-refractivity contribution in [3.63, 3.8) is 0 Å². The number of hydrogen-bond donors (Lipinski definition) is 1. The Morgan fingerprint density at radius 1 is 1.42 bits per heavy atom. The molecule has 0 unspecified atom stereocenters. The van der Waals surface area contributed by atoms with Gasteiger partial charge in [-0.15, -0.1) is 0 Å². The lowest BCUT2D eigenvalue weighted by Gasteiger charge is -2.55. The molecule has 5 nitrogen and oxygen atoms in total. The lowest BCUT2D eigenvalue weighted by Crippen LogP contribution is -2.65. The van der Waals surface area contributed by atoms with Gasteiger partial charge in [0.2, 0.25) is 0 Å². The second-order valence-electron chi connectivity index (χ2n) is 7.65. The number of fused-ring (bicyclic) bond motifs is 1. The number of likely N-dealkylation sites (N-methyl/N-ethyl adjacent to an activating group) is 1. The number of benzene rings is 1. The SMILES string of the molecule is CN(C)C(=O)COc1cccc(CN[C@@H]2[C@H]3CCO[C@@H]3C2(C)C)c1. The zero-order valence-corrected chi connectivity index (χ0v) is 15.0. The predicted molar refractivity (Wildman–Crippen MR) is 92.9 cm³/mol. The van der Waals surface area contributed by atoms with Crippen LogP contribution >= 0.6 is 0 Å². The van der Waals surface area contributed by atoms with Crippen LogP contribution in [0.2, 0.25) is 0 Å². The quantitative estimate of drug-likeness (QED) is 0.866. The molecule has 1 heterocycles. The molecule has 1 amide bonds. The fourth-order valence-corrected chi connectivity index (χ4v) is 3.99. The standard InChI is InChI=1S/C19H28N2O3/c1-19(2)17(15-8-9-23-18(15)19)20-11-13-6-5-7-14(10-13)24-12-16(22)21(3)4/h5-7,10,15,17-18,20H,8-9,11-12H2,1-4H3/t15-,17-,18+/m1/s1. The Labute approximate surface area is 144 Å². The summed E-state index contributed by atoms with van der Waals surface area (Å²) < 4.78 is 11.4. The van der Waals surface area contributed by atoms with E-state index in [1.54, 1.807) is 14.1 Å². The van der Waals surface area contributed by atoms with E-state index in [-0.39, 0.29) is 17.9 Å². The van der Waals surface area contributed by atoms with E-state index in [0.717, 1.165) is 25.3 Å². The summed E-state index contributed by atoms with van der Waals surface area (Å²) in [4.78, 5) is 13.1. The van der Waals surface area contributed by atoms with Crippen LogP contribution in [0.3, 0.4) is 0 Å². The second-order valence-corrected chi connectivity index (χ2v) is 7.65. The molecule has 1 aliphatic heterocycles. The van der Waals surface area contributed by atoms with E-state index < -0.39 is 0 Å². The normalized spacial score (nSPS) is 27.2. The van der Waals surface area contributed by atoms with Gasteiger partial charge in [0.05, 0.1) is 6.10 Å². The van der Waals surface area contributed by atoms with Crippen molar-refractivity contribution in [3.8, 4) is 5.75 Å². The molecule has 0 bridgehead atoms. The maximum Gasteiger partial charge on any atom is 0.259 e. The van der Waals surface area contributed by atoms with E-state index in [9.17, 15) is 4.79 Å². The molecule has 24 heavy (non-hydrogen) atoms. The molecule has 0 spiro atoms. The molecule has 2 aliphatic rings. The molecule has 3 atom stereocenters. The van der Waals surface area contributed by atoms with Crippen LogP contribution in [0.4, 0.5) is 0 Å². The fraction of sp³-hybridized carbons (Fsp3) is 0.632. The van der Waals surface area contributed by atoms with Crippen molar-refractivity contribution in [2.45, 2.75) is 39.0 Å². The smallest absolute Gasteiger partial charge is 0.259 e. The van der Waals surface area contributed by atoms with Crippen molar-refractivity contribution < 1.29 is 14.3 Å². The highest BCUT2D eigenvalue weighted by Crippen LogP contribution is 2.52. The maximum atomic E-state index is 11.6. The third kappa shape index (κ3) is 3.28. The molecule has 1 aromatic carbocycles. The Hall–Kier alpha value is -1.59. The summed E-state index contributed by atoms with van der Waals surface area (Å²) in [7, 11) is 3.46. The molecule has 1 aliphatic carbocycles. The van der Waals surface area contributed by atoms with Gasteiger partial charge in [-0.2, -0.15) is 0 Å². The molecular weight excluding hydrogens is 304 g/mol. The Morgan fingerprint density at radius 3 is 2.96 bits per heavy atom. The molecule has 0 aromatic heterocycles. The van der Waals surface area contributed by atoms with Crippen LogP contribution in [0.15, 0.2) is 24.3 Å². The van der Waals surface area contributed by atoms with Gasteiger partial charge in [-0.05, 0) is 24.1 Å². The van der Waals surface area contributed by atoms with Gasteiger partial charge in [0, 0.05) is 44.6 Å². The number of carbonyl (C=O) groups excluding carboxylic acids is 1. The van der Waals surface area contributed by atoms with Gasteiger partial charge < -0.3 is 19.7 Å². The van der Waals surface area contributed by atoms with Gasteiger partial charge in [0.1, 0.15) is 5.75 Å². The van der Waals surface area contributed by atoms with Gasteiger partial charge in [0.25, 0.3) is 5.91 Å². The lowest BCUT2D eigenvalue weighted by atomic mass is 9.57. The minimum Gasteiger partial charge on any atom is -0.484 e. The first-order valence-corrected chi connectivity index (χ1v) is 8.66. The predicted octanol–water partition coefficient (Wildman–Crippen LogP) is 2.06. The Morgan fingerprint density at radius 2 is 2.21 bits per heavy atom. The molecule has 3 rings (SSSR count). The summed E-state index contributed by atoms with van der Waals surface area (Å²) in [6.07, 6.45) is 1.56. The molecule has 1 aromatic rings. The number of nitrogens with one attached hydrogen (secondary N) is 1. The molecule has 1 saturated carbocycles. The third-order valence-corrected chi connectivity index (χ3v) is 5.39. The Kier molecular flexibility index (Phi) is 4.83. The molecule has 1 N–H and O–H groups in total. The Balaban J connectivity index is 1.54. The molecule has 5 heteroatoms. The van der Waals surface area contributed by atoms with Crippen LogP contribution in [0.5, 0.6) is 5.75 Å². The molecule has 132 valence electrons. The number of carbonyl (C=O) groups is 1. The van der Waals surface area contributed by atoms with E-state index in [2.05, 4.69) is 25.2 Å². The highest BCUT2D eigenvalue weighted by Gasteiger charge is 2.58. The minimum atomic E-state index is -0.0398. The minimum absolute atomic E-state index is 0.0398. The number of ether oxygens (including phenoxy) is 2. The van der Waals surface area contributed by atoms with Gasteiger partial charge in [0.15, 0.2) is 6.61 Å². The molecular formula is C19H28N2O3. The zero-order chi connectivity index (χ0) is 17.3. The van der Waals surface area contributed by atoms with Gasteiger partial charge in [-0.25, -0.2) is 0 Å². The topological polar surface area (TPSA) is 50.8 Å². The van der Waals surface area contributed by atoms with Crippen LogP contribution in [-0.2, 0) is 16.1 Å². The summed E-state index contributed by atoms with van der Waals surface area (Å²) in [6, 6.07) is 8.44. The van der Waals surface area contributed by atoms with Crippen molar-refractivity contribution in [2.24, 2.45) is 11.3 Å². The average molecular weight is 332 g/mol. The van der Waals surface area contributed by atoms with Crippen molar-refractivity contribution in [3.05, 3.63) is 29.8 Å². The summed E-state index contributed by atoms with van der Waals surface area (Å²) in [5.41, 5.74) is 1.36. The number of nitrogens with zero attached hydrogens (tertiary/aromatic N) is 1. The third-order valence-electron chi connectivity index (χ3n) is 5.39. The number of rotatable bonds is 6. The van der Waals surface area contributed by atoms with Crippen LogP contribution in [-0.4, -0.2) is 50.3 Å². The first-order valence-electron chi connectivity index (χ1n) is 8.66. The van der Waals surface area contributed by atoms with Crippen LogP contribution in [0.1, 0.15) is 25.8 Å². The van der Waals surface area contributed by atoms with Crippen molar-refractivity contribution in [1.29, 1.82) is 0 Å². The zero-order valence-electron chi connectivity index (χ0n) is 15.0. The largest absolute Gasteiger partial charge is 0.484 e. The first-order chi connectivity index (χ1) is 11.4. The lowest BCUT2D eigenvalue weighted by molar-refractivity contribution is -0.130. The van der Waals surface area contributed by atoms with Gasteiger partial charge in [-0.1, -0.05) is 26.0 Å². The van der Waals surface area contributed by atoms with E-state index in [1.807, 2.05) is 18.2 Å². The van der Waals surface area contributed by atoms with Gasteiger partial charge in [-0.3, -0.25) is 4.79 Å². The van der Waals surface area contributed by atoms with Crippen LogP contribution in [0, 0.1) is 11.3 Å². The van der Waals surface area contributed by atoms with E-state index >= 15 is 0 Å². The molecule has 1 saturated heterocycles. The number of amides is 1. The van der Waals surface area contributed by atoms with Crippen LogP contribution < -0.4 is 10.1 Å². The van der Waals surface area contributed by atoms with Crippen molar-refractivity contribution in [2.75, 3.05) is 27.3 Å². The first kappa shape index (κ1) is 17.2. The molecule has 0 radical (unpaired) electrons. The van der Waals surface area contributed by atoms with E-state index in [0.29, 0.717) is 18.1 Å². The van der Waals surface area contributed by atoms with Gasteiger partial charge >= 0.3 is 0 Å². The fourth-order valence-electron chi connectivity index (χ4n) is 3.99. The van der Waals surface area contributed by atoms with Crippen molar-refractivity contribution >= 4 is 5.91 Å². The maximum absolute atomic E-state index is 11.6. The summed E-state index contributed by atoms with van der Waals surface area (Å²) in [5.74, 6) is 1.33. The highest BCUT2D eigenvalue weighted by molar-refractivity contribution is 5.77. The van der Waals surface area contributed by atoms with E-state index in [1.165, 1.54) is 10.5 Å². The summed E-state index contributed by atoms with van der Waals surface area (Å²) in [5, 5.41) is 3.70. The average Bonchev–Trinajstić information content (AvgIpc) is 2.99. The summed E-state index contributed by atoms with van der Waals surface area (Å²) in [6.45, 7) is 6.32. The monoisotopic (exact) mass is 332 g/mol. The number of hydrogen-bond acceptors (Lipinski definition) is 4. The van der Waals surface area contributed by atoms with E-state index in [4.69, 9.17) is 9.47 Å². The highest BCUT2D eigenvalue weighted by atomic mass is 16.5. The molecule has 2 fully saturated rings. The summed E-state index contributed by atoms with van der Waals surface area (Å²) >= 11 is 0. The Bertz CT molecular complexity index is 600. The van der Waals surface area contributed by atoms with Crippen molar-refractivity contribution in [1.82, 2.24) is 10.2 Å². The van der Waals surface area contributed by atoms with Crippen LogP contribution in [0.25, 0.3) is 0 Å². The second kappa shape index (κ2) is 6.73.